The molecule has 34 heavy (non-hydrogen) atoms. The molecule has 2 aromatic carbocycles. The van der Waals surface area contributed by atoms with Crippen LogP contribution in [-0.2, 0) is 15.1 Å². The molecular weight excluding hydrogens is 430 g/mol. The minimum atomic E-state index is -1.07. The number of nitrogens with one attached hydrogen (secondary N) is 1. The minimum absolute atomic E-state index is 0.0221. The van der Waals surface area contributed by atoms with Crippen molar-refractivity contribution in [2.75, 3.05) is 26.7 Å². The molecule has 2 atom stereocenters. The molecule has 5 rings (SSSR count). The molecule has 1 saturated heterocycles. The third kappa shape index (κ3) is 3.17. The van der Waals surface area contributed by atoms with Gasteiger partial charge in [0.25, 0.3) is 5.91 Å². The van der Waals surface area contributed by atoms with Crippen LogP contribution in [0.1, 0.15) is 50.4 Å². The highest BCUT2D eigenvalue weighted by molar-refractivity contribution is 6.01. The second kappa shape index (κ2) is 8.08. The lowest BCUT2D eigenvalue weighted by Gasteiger charge is -2.51. The molecule has 1 aromatic heterocycles. The van der Waals surface area contributed by atoms with Gasteiger partial charge in [0.1, 0.15) is 0 Å². The van der Waals surface area contributed by atoms with E-state index >= 15 is 0 Å². The molecule has 7 nitrogen and oxygen atoms in total. The lowest BCUT2D eigenvalue weighted by molar-refractivity contribution is -0.166. The first-order valence-electron chi connectivity index (χ1n) is 11.8. The number of carbonyl (C=O) groups is 2. The topological polar surface area (TPSA) is 74.9 Å². The summed E-state index contributed by atoms with van der Waals surface area (Å²) in [5, 5.41) is 1.07. The van der Waals surface area contributed by atoms with Gasteiger partial charge in [-0.1, -0.05) is 24.3 Å². The average molecular weight is 462 g/mol. The number of nitrogens with zero attached hydrogens (tertiary/aromatic N) is 2. The monoisotopic (exact) mass is 461 g/mol. The van der Waals surface area contributed by atoms with E-state index in [1.165, 1.54) is 0 Å². The second-order valence-corrected chi connectivity index (χ2v) is 9.48. The van der Waals surface area contributed by atoms with Gasteiger partial charge < -0.3 is 24.3 Å². The summed E-state index contributed by atoms with van der Waals surface area (Å²) in [4.78, 5) is 33.9. The molecule has 3 aromatic rings. The van der Waals surface area contributed by atoms with Crippen LogP contribution in [0, 0.1) is 0 Å². The molecule has 0 aliphatic carbocycles. The van der Waals surface area contributed by atoms with Crippen LogP contribution in [0.3, 0.4) is 0 Å². The van der Waals surface area contributed by atoms with E-state index in [0.29, 0.717) is 24.6 Å². The van der Waals surface area contributed by atoms with Crippen molar-refractivity contribution >= 4 is 22.7 Å². The van der Waals surface area contributed by atoms with E-state index in [0.717, 1.165) is 27.7 Å². The Morgan fingerprint density at radius 2 is 1.91 bits per heavy atom. The molecule has 7 heteroatoms. The number of carbonyl (C=O) groups excluding carboxylic acids is 2. The average Bonchev–Trinajstić information content (AvgIpc) is 3.22. The van der Waals surface area contributed by atoms with E-state index in [1.54, 1.807) is 16.9 Å². The first-order chi connectivity index (χ1) is 16.3. The van der Waals surface area contributed by atoms with Crippen LogP contribution in [0.4, 0.5) is 0 Å². The number of H-pyrrole nitrogens is 1. The van der Waals surface area contributed by atoms with Gasteiger partial charge in [-0.3, -0.25) is 9.59 Å². The van der Waals surface area contributed by atoms with Crippen LogP contribution in [0.5, 0.6) is 11.5 Å². The van der Waals surface area contributed by atoms with Gasteiger partial charge in [0, 0.05) is 29.9 Å². The number of fused-ring (bicyclic) bond motifs is 5. The van der Waals surface area contributed by atoms with Gasteiger partial charge in [-0.15, -0.1) is 0 Å². The summed E-state index contributed by atoms with van der Waals surface area (Å²) in [6, 6.07) is 14.0. The van der Waals surface area contributed by atoms with E-state index in [-0.39, 0.29) is 30.4 Å². The molecule has 0 spiro atoms. The molecule has 2 unspecified atom stereocenters. The summed E-state index contributed by atoms with van der Waals surface area (Å²) in [6.07, 6.45) is 0.0221. The third-order valence-electron chi connectivity index (χ3n) is 7.15. The fourth-order valence-electron chi connectivity index (χ4n) is 5.48. The number of aromatic amines is 1. The van der Waals surface area contributed by atoms with Gasteiger partial charge in [-0.25, -0.2) is 0 Å². The molecule has 178 valence electrons. The van der Waals surface area contributed by atoms with Gasteiger partial charge in [-0.05, 0) is 57.0 Å². The van der Waals surface area contributed by atoms with E-state index in [4.69, 9.17) is 9.47 Å². The molecule has 2 aliphatic heterocycles. The zero-order valence-corrected chi connectivity index (χ0v) is 20.3. The Balaban J connectivity index is 1.72. The minimum Gasteiger partial charge on any atom is -0.493 e. The quantitative estimate of drug-likeness (QED) is 0.623. The number of amides is 2. The zero-order valence-electron chi connectivity index (χ0n) is 20.3. The van der Waals surface area contributed by atoms with E-state index in [1.807, 2.05) is 64.1 Å². The number of benzene rings is 2. The summed E-state index contributed by atoms with van der Waals surface area (Å²) in [7, 11) is 1.63. The lowest BCUT2D eigenvalue weighted by atomic mass is 9.76. The molecule has 2 amide bonds. The predicted molar refractivity (Wildman–Crippen MR) is 130 cm³/mol. The number of hydrogen-bond acceptors (Lipinski definition) is 4. The number of methoxy groups -OCH3 is 1. The Hall–Kier alpha value is -3.48. The van der Waals surface area contributed by atoms with Crippen molar-refractivity contribution in [1.82, 2.24) is 14.8 Å². The van der Waals surface area contributed by atoms with E-state index < -0.39 is 5.54 Å². The summed E-state index contributed by atoms with van der Waals surface area (Å²) >= 11 is 0. The Kier molecular flexibility index (Phi) is 5.30. The Morgan fingerprint density at radius 3 is 2.62 bits per heavy atom. The number of ether oxygens (including phenoxy) is 2. The van der Waals surface area contributed by atoms with Crippen LogP contribution in [0.2, 0.25) is 0 Å². The molecule has 1 fully saturated rings. The summed E-state index contributed by atoms with van der Waals surface area (Å²) in [5.41, 5.74) is 2.76. The highest BCUT2D eigenvalue weighted by Crippen LogP contribution is 2.48. The lowest BCUT2D eigenvalue weighted by Crippen LogP contribution is -2.67. The van der Waals surface area contributed by atoms with Crippen molar-refractivity contribution in [3.8, 4) is 11.5 Å². The Labute approximate surface area is 199 Å². The van der Waals surface area contributed by atoms with Crippen molar-refractivity contribution in [3.63, 3.8) is 0 Å². The number of aromatic nitrogens is 1. The maximum atomic E-state index is 13.7. The number of rotatable bonds is 5. The van der Waals surface area contributed by atoms with Gasteiger partial charge in [-0.2, -0.15) is 0 Å². The number of para-hydroxylation sites is 1. The van der Waals surface area contributed by atoms with Crippen LogP contribution >= 0.6 is 0 Å². The zero-order chi connectivity index (χ0) is 24.2. The fraction of sp³-hybridized carbons (Fsp3) is 0.407. The molecule has 0 bridgehead atoms. The molecule has 3 heterocycles. The molecule has 2 aliphatic rings. The van der Waals surface area contributed by atoms with Gasteiger partial charge in [0.05, 0.1) is 25.5 Å². The fourth-order valence-corrected chi connectivity index (χ4v) is 5.48. The molecule has 0 radical (unpaired) electrons. The molecule has 1 N–H and O–H groups in total. The largest absolute Gasteiger partial charge is 0.493 e. The highest BCUT2D eigenvalue weighted by Gasteiger charge is 2.55. The summed E-state index contributed by atoms with van der Waals surface area (Å²) in [6.45, 7) is 8.77. The second-order valence-electron chi connectivity index (χ2n) is 9.48. The maximum Gasteiger partial charge on any atom is 0.254 e. The Bertz CT molecular complexity index is 1280. The van der Waals surface area contributed by atoms with Crippen molar-refractivity contribution in [2.24, 2.45) is 0 Å². The number of hydrogen-bond donors (Lipinski definition) is 1. The Morgan fingerprint density at radius 1 is 1.15 bits per heavy atom. The van der Waals surface area contributed by atoms with Crippen molar-refractivity contribution < 1.29 is 19.1 Å². The van der Waals surface area contributed by atoms with Gasteiger partial charge >= 0.3 is 0 Å². The smallest absolute Gasteiger partial charge is 0.254 e. The number of likely N-dealkylation sites (N-methyl/N-ethyl adjacent to an activating group) is 1. The van der Waals surface area contributed by atoms with Gasteiger partial charge in [0.15, 0.2) is 17.0 Å². The van der Waals surface area contributed by atoms with E-state index in [2.05, 4.69) is 11.1 Å². The maximum absolute atomic E-state index is 13.7. The molecular formula is C27H31N3O4. The van der Waals surface area contributed by atoms with Crippen LogP contribution in [0.25, 0.3) is 10.9 Å². The predicted octanol–water partition coefficient (Wildman–Crippen LogP) is 4.02. The summed E-state index contributed by atoms with van der Waals surface area (Å²) in [5.74, 6) is 1.14. The van der Waals surface area contributed by atoms with Gasteiger partial charge in [0.2, 0.25) is 5.91 Å². The standard InChI is InChI=1S/C27H31N3O4/c1-6-29-15-23(31)30-14-19(17-11-12-21(34-16(2)3)22(13-17)33-5)24-18-9-7-8-10-20(18)28-25(24)27(30,4)26(29)32/h7-13,16,19,28H,6,14-15H2,1-5H3. The first-order valence-corrected chi connectivity index (χ1v) is 11.8. The van der Waals surface area contributed by atoms with Crippen LogP contribution in [0.15, 0.2) is 42.5 Å². The third-order valence-corrected chi connectivity index (χ3v) is 7.15. The SMILES string of the molecule is CCN1CC(=O)N2CC(c3ccc(OC(C)C)c(OC)c3)c3c([nH]c4ccccc34)C2(C)C1=O. The normalized spacial score (nSPS) is 22.2. The first kappa shape index (κ1) is 22.3. The number of piperazine rings is 1. The highest BCUT2D eigenvalue weighted by atomic mass is 16.5. The van der Waals surface area contributed by atoms with Crippen molar-refractivity contribution in [2.45, 2.75) is 45.3 Å². The van der Waals surface area contributed by atoms with E-state index in [9.17, 15) is 9.59 Å². The van der Waals surface area contributed by atoms with Crippen LogP contribution in [-0.4, -0.2) is 59.4 Å². The van der Waals surface area contributed by atoms with Crippen molar-refractivity contribution in [1.29, 1.82) is 0 Å². The summed E-state index contributed by atoms with van der Waals surface area (Å²) < 4.78 is 11.6. The van der Waals surface area contributed by atoms with Crippen LogP contribution < -0.4 is 9.47 Å². The van der Waals surface area contributed by atoms with Crippen molar-refractivity contribution in [3.05, 3.63) is 59.3 Å². The molecule has 0 saturated carbocycles.